The Bertz CT molecular complexity index is 480. The van der Waals surface area contributed by atoms with Crippen LogP contribution in [0.25, 0.3) is 0 Å². The van der Waals surface area contributed by atoms with Crippen LogP contribution in [0.3, 0.4) is 0 Å². The minimum atomic E-state index is -0.655. The summed E-state index contributed by atoms with van der Waals surface area (Å²) >= 11 is 3.44. The average molecular weight is 331 g/mol. The van der Waals surface area contributed by atoms with E-state index in [4.69, 9.17) is 4.42 Å². The summed E-state index contributed by atoms with van der Waals surface area (Å²) in [7, 11) is 0. The third-order valence-corrected chi connectivity index (χ3v) is 4.51. The molecule has 6 nitrogen and oxygen atoms in total. The van der Waals surface area contributed by atoms with Gasteiger partial charge in [-0.3, -0.25) is 14.9 Å². The number of nitrogens with one attached hydrogen (secondary N) is 1. The second-order valence-corrected chi connectivity index (χ2v) is 5.38. The molecular formula is C12H15BrN2O4. The van der Waals surface area contributed by atoms with Crippen LogP contribution in [-0.4, -0.2) is 21.7 Å². The van der Waals surface area contributed by atoms with Crippen LogP contribution in [0.1, 0.15) is 42.7 Å². The van der Waals surface area contributed by atoms with E-state index in [0.717, 1.165) is 25.7 Å². The molecule has 1 aliphatic rings. The Morgan fingerprint density at radius 2 is 2.11 bits per heavy atom. The highest BCUT2D eigenvalue weighted by atomic mass is 79.9. The number of nitrogens with zero attached hydrogens (tertiary/aromatic N) is 1. The van der Waals surface area contributed by atoms with Crippen molar-refractivity contribution in [3.63, 3.8) is 0 Å². The van der Waals surface area contributed by atoms with Gasteiger partial charge in [-0.2, -0.15) is 0 Å². The van der Waals surface area contributed by atoms with Gasteiger partial charge in [0.05, 0.1) is 11.6 Å². The van der Waals surface area contributed by atoms with E-state index in [1.54, 1.807) is 0 Å². The highest BCUT2D eigenvalue weighted by Crippen LogP contribution is 2.30. The van der Waals surface area contributed by atoms with Gasteiger partial charge in [0.2, 0.25) is 0 Å². The van der Waals surface area contributed by atoms with Gasteiger partial charge in [0.15, 0.2) is 5.76 Å². The Hall–Kier alpha value is -1.37. The summed E-state index contributed by atoms with van der Waals surface area (Å²) in [6.07, 6.45) is 5.14. The van der Waals surface area contributed by atoms with Crippen LogP contribution in [0.15, 0.2) is 16.5 Å². The van der Waals surface area contributed by atoms with Crippen LogP contribution < -0.4 is 5.32 Å². The molecule has 19 heavy (non-hydrogen) atoms. The molecule has 0 bridgehead atoms. The molecule has 0 saturated heterocycles. The summed E-state index contributed by atoms with van der Waals surface area (Å²) in [5.41, 5.74) is -0.267. The number of furan rings is 1. The fraction of sp³-hybridized carbons (Fsp3) is 0.583. The highest BCUT2D eigenvalue weighted by molar-refractivity contribution is 9.09. The number of rotatable bonds is 4. The lowest BCUT2D eigenvalue weighted by Crippen LogP contribution is -2.51. The average Bonchev–Trinajstić information content (AvgIpc) is 2.89. The Morgan fingerprint density at radius 1 is 1.42 bits per heavy atom. The predicted molar refractivity (Wildman–Crippen MR) is 72.4 cm³/mol. The molecule has 0 aliphatic heterocycles. The number of halogens is 1. The number of hydrogen-bond donors (Lipinski definition) is 1. The Labute approximate surface area is 118 Å². The minimum absolute atomic E-state index is 0.0161. The third-order valence-electron chi connectivity index (χ3n) is 3.44. The van der Waals surface area contributed by atoms with Crippen LogP contribution in [0.4, 0.5) is 5.88 Å². The molecule has 0 aromatic carbocycles. The number of carbonyl (C=O) groups is 1. The first kappa shape index (κ1) is 14.0. The number of carbonyl (C=O) groups excluding carboxylic acids is 1. The quantitative estimate of drug-likeness (QED) is 0.522. The van der Waals surface area contributed by atoms with Crippen molar-refractivity contribution >= 4 is 27.7 Å². The molecule has 1 aliphatic carbocycles. The number of amides is 1. The summed E-state index contributed by atoms with van der Waals surface area (Å²) < 4.78 is 4.91. The molecule has 1 aromatic heterocycles. The first-order valence-corrected chi connectivity index (χ1v) is 7.31. The normalized spacial score (nSPS) is 17.9. The topological polar surface area (TPSA) is 85.4 Å². The highest BCUT2D eigenvalue weighted by Gasteiger charge is 2.33. The summed E-state index contributed by atoms with van der Waals surface area (Å²) in [5, 5.41) is 14.1. The van der Waals surface area contributed by atoms with Crippen LogP contribution in [0.2, 0.25) is 0 Å². The van der Waals surface area contributed by atoms with E-state index in [0.29, 0.717) is 5.33 Å². The second-order valence-electron chi connectivity index (χ2n) is 4.82. The molecule has 0 radical (unpaired) electrons. The largest absolute Gasteiger partial charge is 0.433 e. The molecule has 0 spiro atoms. The van der Waals surface area contributed by atoms with Crippen molar-refractivity contribution in [1.29, 1.82) is 0 Å². The molecule has 0 atom stereocenters. The van der Waals surface area contributed by atoms with Crippen LogP contribution in [0.5, 0.6) is 0 Å². The van der Waals surface area contributed by atoms with Gasteiger partial charge in [-0.05, 0) is 18.9 Å². The summed E-state index contributed by atoms with van der Waals surface area (Å²) in [4.78, 5) is 21.9. The molecule has 1 aromatic rings. The molecule has 2 rings (SSSR count). The zero-order valence-corrected chi connectivity index (χ0v) is 11.9. The smallest absolute Gasteiger partial charge is 0.395 e. The van der Waals surface area contributed by atoms with Crippen molar-refractivity contribution in [3.8, 4) is 0 Å². The lowest BCUT2D eigenvalue weighted by Gasteiger charge is -2.36. The van der Waals surface area contributed by atoms with Gasteiger partial charge in [0, 0.05) is 5.33 Å². The SMILES string of the molecule is O=C(NC1(CBr)CCCCC1)c1ccc([N+](=O)[O-])o1. The van der Waals surface area contributed by atoms with Gasteiger partial charge in [0.25, 0.3) is 5.91 Å². The Balaban J connectivity index is 2.08. The molecule has 1 N–H and O–H groups in total. The van der Waals surface area contributed by atoms with Gasteiger partial charge < -0.3 is 9.73 Å². The van der Waals surface area contributed by atoms with Crippen molar-refractivity contribution < 1.29 is 14.1 Å². The van der Waals surface area contributed by atoms with Gasteiger partial charge in [-0.25, -0.2) is 0 Å². The number of alkyl halides is 1. The first-order chi connectivity index (χ1) is 9.06. The summed E-state index contributed by atoms with van der Waals surface area (Å²) in [5.74, 6) is -0.825. The number of nitro groups is 1. The lowest BCUT2D eigenvalue weighted by molar-refractivity contribution is -0.402. The molecule has 1 heterocycles. The van der Waals surface area contributed by atoms with Gasteiger partial charge >= 0.3 is 5.88 Å². The van der Waals surface area contributed by atoms with Gasteiger partial charge in [0.1, 0.15) is 4.92 Å². The van der Waals surface area contributed by atoms with Crippen LogP contribution in [0, 0.1) is 10.1 Å². The first-order valence-electron chi connectivity index (χ1n) is 6.19. The van der Waals surface area contributed by atoms with E-state index >= 15 is 0 Å². The van der Waals surface area contributed by atoms with E-state index in [2.05, 4.69) is 21.2 Å². The standard InChI is InChI=1S/C12H15BrN2O4/c13-8-12(6-2-1-3-7-12)14-11(16)9-4-5-10(19-9)15(17)18/h4-5H,1-3,6-8H2,(H,14,16). The van der Waals surface area contributed by atoms with Crippen molar-refractivity contribution in [1.82, 2.24) is 5.32 Å². The molecule has 0 unspecified atom stereocenters. The van der Waals surface area contributed by atoms with Gasteiger partial charge in [-0.15, -0.1) is 0 Å². The third kappa shape index (κ3) is 3.15. The molecule has 104 valence electrons. The van der Waals surface area contributed by atoms with Crippen molar-refractivity contribution in [2.24, 2.45) is 0 Å². The Morgan fingerprint density at radius 3 is 2.63 bits per heavy atom. The van der Waals surface area contributed by atoms with Crippen molar-refractivity contribution in [3.05, 3.63) is 28.0 Å². The van der Waals surface area contributed by atoms with E-state index in [1.807, 2.05) is 0 Å². The summed E-state index contributed by atoms with van der Waals surface area (Å²) in [6, 6.07) is 2.52. The van der Waals surface area contributed by atoms with E-state index in [-0.39, 0.29) is 11.3 Å². The number of hydrogen-bond acceptors (Lipinski definition) is 4. The maximum absolute atomic E-state index is 12.1. The van der Waals surface area contributed by atoms with E-state index in [9.17, 15) is 14.9 Å². The van der Waals surface area contributed by atoms with Gasteiger partial charge in [-0.1, -0.05) is 35.2 Å². The van der Waals surface area contributed by atoms with E-state index in [1.165, 1.54) is 18.6 Å². The lowest BCUT2D eigenvalue weighted by atomic mass is 9.83. The molecule has 1 saturated carbocycles. The minimum Gasteiger partial charge on any atom is -0.395 e. The fourth-order valence-electron chi connectivity index (χ4n) is 2.37. The van der Waals surface area contributed by atoms with Crippen molar-refractivity contribution in [2.45, 2.75) is 37.6 Å². The fourth-order valence-corrected chi connectivity index (χ4v) is 3.07. The zero-order valence-electron chi connectivity index (χ0n) is 10.4. The monoisotopic (exact) mass is 330 g/mol. The predicted octanol–water partition coefficient (Wildman–Crippen LogP) is 3.02. The maximum atomic E-state index is 12.1. The molecule has 1 fully saturated rings. The maximum Gasteiger partial charge on any atom is 0.433 e. The van der Waals surface area contributed by atoms with Crippen molar-refractivity contribution in [2.75, 3.05) is 5.33 Å². The zero-order chi connectivity index (χ0) is 13.9. The second kappa shape index (κ2) is 5.73. The summed E-state index contributed by atoms with van der Waals surface area (Å²) in [6.45, 7) is 0. The molecular weight excluding hydrogens is 316 g/mol. The van der Waals surface area contributed by atoms with Crippen LogP contribution >= 0.6 is 15.9 Å². The van der Waals surface area contributed by atoms with E-state index < -0.39 is 16.7 Å². The molecule has 1 amide bonds. The van der Waals surface area contributed by atoms with Crippen LogP contribution in [-0.2, 0) is 0 Å². The Kier molecular flexibility index (Phi) is 4.24. The molecule has 7 heteroatoms.